The maximum absolute atomic E-state index is 12.1. The van der Waals surface area contributed by atoms with Gasteiger partial charge < -0.3 is 19.1 Å². The van der Waals surface area contributed by atoms with Crippen LogP contribution in [0.2, 0.25) is 10.1 Å². The van der Waals surface area contributed by atoms with Gasteiger partial charge in [-0.05, 0) is 30.8 Å². The highest BCUT2D eigenvalue weighted by Gasteiger charge is 2.53. The standard InChI is InChI=1S/C39H50O4Si2/c1-8-31(40)29-37(43-45(39(5,6)7,34-25-17-11-18-26-34)35-27-19-12-20-28-35)36(41)30-42-44(38(2,3)4,32-21-13-9-14-22-32)33-23-15-10-16-24-33/h8-28,31,36-37,40-41H,1,29-30H2,2-7H3/t31-,36-,37+/m1/s1. The van der Waals surface area contributed by atoms with Crippen LogP contribution in [0.4, 0.5) is 0 Å². The van der Waals surface area contributed by atoms with Crippen molar-refractivity contribution in [3.8, 4) is 0 Å². The molecule has 238 valence electrons. The molecule has 3 atom stereocenters. The highest BCUT2D eigenvalue weighted by molar-refractivity contribution is 7.00. The zero-order valence-corrected chi connectivity index (χ0v) is 29.7. The first-order valence-electron chi connectivity index (χ1n) is 15.9. The molecule has 0 aliphatic heterocycles. The monoisotopic (exact) mass is 638 g/mol. The number of hydrogen-bond donors (Lipinski definition) is 2. The molecule has 0 aliphatic rings. The normalized spacial score (nSPS) is 14.8. The zero-order valence-electron chi connectivity index (χ0n) is 27.7. The van der Waals surface area contributed by atoms with Gasteiger partial charge >= 0.3 is 0 Å². The summed E-state index contributed by atoms with van der Waals surface area (Å²) in [4.78, 5) is 0. The zero-order chi connectivity index (χ0) is 32.7. The molecule has 0 amide bonds. The largest absolute Gasteiger partial charge is 0.405 e. The molecule has 4 nitrogen and oxygen atoms in total. The lowest BCUT2D eigenvalue weighted by Gasteiger charge is -2.47. The molecule has 0 saturated heterocycles. The van der Waals surface area contributed by atoms with E-state index in [2.05, 4.69) is 121 Å². The SMILES string of the molecule is C=C[C@@H](O)C[C@H](O[Si](c1ccccc1)(c1ccccc1)C(C)(C)C)[C@H](O)CO[Si](c1ccccc1)(c1ccccc1)C(C)(C)C. The molecule has 4 aromatic carbocycles. The van der Waals surface area contributed by atoms with Crippen molar-refractivity contribution in [3.63, 3.8) is 0 Å². The van der Waals surface area contributed by atoms with Gasteiger partial charge in [-0.15, -0.1) is 6.58 Å². The Kier molecular flexibility index (Phi) is 11.2. The fourth-order valence-corrected chi connectivity index (χ4v) is 15.9. The average Bonchev–Trinajstić information content (AvgIpc) is 3.03. The summed E-state index contributed by atoms with van der Waals surface area (Å²) >= 11 is 0. The molecule has 6 heteroatoms. The summed E-state index contributed by atoms with van der Waals surface area (Å²) < 4.78 is 14.5. The first kappa shape index (κ1) is 34.8. The van der Waals surface area contributed by atoms with Crippen LogP contribution >= 0.6 is 0 Å². The Morgan fingerprint density at radius 3 is 1.24 bits per heavy atom. The van der Waals surface area contributed by atoms with Crippen molar-refractivity contribution in [2.24, 2.45) is 0 Å². The highest BCUT2D eigenvalue weighted by atomic mass is 28.4. The molecule has 0 aromatic heterocycles. The third-order valence-electron chi connectivity index (χ3n) is 8.81. The fourth-order valence-electron chi connectivity index (χ4n) is 6.62. The van der Waals surface area contributed by atoms with E-state index in [4.69, 9.17) is 8.85 Å². The lowest BCUT2D eigenvalue weighted by Crippen LogP contribution is -2.69. The van der Waals surface area contributed by atoms with E-state index in [0.29, 0.717) is 0 Å². The number of aliphatic hydroxyl groups excluding tert-OH is 2. The van der Waals surface area contributed by atoms with Crippen LogP contribution in [0.25, 0.3) is 0 Å². The molecular weight excluding hydrogens is 589 g/mol. The van der Waals surface area contributed by atoms with Gasteiger partial charge in [0.15, 0.2) is 0 Å². The van der Waals surface area contributed by atoms with Crippen molar-refractivity contribution < 1.29 is 19.1 Å². The Hall–Kier alpha value is -3.11. The highest BCUT2D eigenvalue weighted by Crippen LogP contribution is 2.40. The second-order valence-corrected chi connectivity index (χ2v) is 22.5. The summed E-state index contributed by atoms with van der Waals surface area (Å²) in [7, 11) is -5.96. The molecule has 0 unspecified atom stereocenters. The predicted octanol–water partition coefficient (Wildman–Crippen LogP) is 5.81. The second kappa shape index (κ2) is 14.5. The van der Waals surface area contributed by atoms with E-state index >= 15 is 0 Å². The van der Waals surface area contributed by atoms with Crippen molar-refractivity contribution in [1.82, 2.24) is 0 Å². The molecule has 0 fully saturated rings. The van der Waals surface area contributed by atoms with Crippen LogP contribution in [0, 0.1) is 0 Å². The third kappa shape index (κ3) is 7.33. The molecule has 0 bridgehead atoms. The van der Waals surface area contributed by atoms with Crippen molar-refractivity contribution in [1.29, 1.82) is 0 Å². The molecular formula is C39H50O4Si2. The molecule has 2 N–H and O–H groups in total. The summed E-state index contributed by atoms with van der Waals surface area (Å²) in [5.74, 6) is 0. The molecule has 4 rings (SSSR count). The van der Waals surface area contributed by atoms with E-state index in [9.17, 15) is 10.2 Å². The van der Waals surface area contributed by atoms with Gasteiger partial charge in [0.05, 0.1) is 18.8 Å². The average molecular weight is 639 g/mol. The van der Waals surface area contributed by atoms with Crippen molar-refractivity contribution in [2.45, 2.75) is 76.4 Å². The summed E-state index contributed by atoms with van der Waals surface area (Å²) in [6.45, 7) is 17.2. The van der Waals surface area contributed by atoms with E-state index in [-0.39, 0.29) is 23.1 Å². The molecule has 0 spiro atoms. The maximum Gasteiger partial charge on any atom is 0.261 e. The van der Waals surface area contributed by atoms with Gasteiger partial charge in [0, 0.05) is 6.42 Å². The van der Waals surface area contributed by atoms with Crippen LogP contribution < -0.4 is 20.7 Å². The summed E-state index contributed by atoms with van der Waals surface area (Å²) in [6, 6.07) is 41.6. The Morgan fingerprint density at radius 2 is 0.933 bits per heavy atom. The lowest BCUT2D eigenvalue weighted by atomic mass is 10.1. The second-order valence-electron chi connectivity index (χ2n) is 13.9. The first-order valence-corrected chi connectivity index (χ1v) is 19.7. The van der Waals surface area contributed by atoms with Gasteiger partial charge in [-0.3, -0.25) is 0 Å². The Balaban J connectivity index is 1.82. The van der Waals surface area contributed by atoms with Crippen LogP contribution in [-0.2, 0) is 8.85 Å². The van der Waals surface area contributed by atoms with Gasteiger partial charge in [0.25, 0.3) is 16.6 Å². The number of rotatable bonds is 13. The summed E-state index contributed by atoms with van der Waals surface area (Å²) in [6.07, 6.45) is -0.877. The minimum Gasteiger partial charge on any atom is -0.405 e. The van der Waals surface area contributed by atoms with E-state index < -0.39 is 34.9 Å². The molecule has 0 heterocycles. The van der Waals surface area contributed by atoms with Crippen LogP contribution in [-0.4, -0.2) is 51.8 Å². The number of hydrogen-bond acceptors (Lipinski definition) is 4. The van der Waals surface area contributed by atoms with E-state index in [0.717, 1.165) is 20.7 Å². The topological polar surface area (TPSA) is 58.9 Å². The minimum atomic E-state index is -3.04. The fraction of sp³-hybridized carbons (Fsp3) is 0.333. The van der Waals surface area contributed by atoms with Gasteiger partial charge in [-0.2, -0.15) is 0 Å². The molecule has 0 radical (unpaired) electrons. The van der Waals surface area contributed by atoms with E-state index in [1.54, 1.807) is 0 Å². The Bertz CT molecular complexity index is 1390. The van der Waals surface area contributed by atoms with Gasteiger partial charge in [-0.25, -0.2) is 0 Å². The lowest BCUT2D eigenvalue weighted by molar-refractivity contribution is -0.0188. The van der Waals surface area contributed by atoms with E-state index in [1.807, 2.05) is 48.5 Å². The van der Waals surface area contributed by atoms with Crippen LogP contribution in [0.15, 0.2) is 134 Å². The quantitative estimate of drug-likeness (QED) is 0.144. The first-order chi connectivity index (χ1) is 21.4. The van der Waals surface area contributed by atoms with E-state index in [1.165, 1.54) is 6.08 Å². The predicted molar refractivity (Wildman–Crippen MR) is 193 cm³/mol. The number of benzene rings is 4. The van der Waals surface area contributed by atoms with Gasteiger partial charge in [0.1, 0.15) is 6.10 Å². The Labute approximate surface area is 272 Å². The minimum absolute atomic E-state index is 0.0556. The molecule has 0 saturated carbocycles. The smallest absolute Gasteiger partial charge is 0.261 e. The summed E-state index contributed by atoms with van der Waals surface area (Å²) in [5, 5.41) is 27.0. The van der Waals surface area contributed by atoms with Crippen molar-refractivity contribution in [3.05, 3.63) is 134 Å². The van der Waals surface area contributed by atoms with Crippen LogP contribution in [0.1, 0.15) is 48.0 Å². The maximum atomic E-state index is 12.1. The van der Waals surface area contributed by atoms with Crippen molar-refractivity contribution >= 4 is 37.4 Å². The van der Waals surface area contributed by atoms with Crippen molar-refractivity contribution in [2.75, 3.05) is 6.61 Å². The molecule has 4 aromatic rings. The Morgan fingerprint density at radius 1 is 0.600 bits per heavy atom. The third-order valence-corrected chi connectivity index (χ3v) is 18.9. The van der Waals surface area contributed by atoms with Crippen LogP contribution in [0.5, 0.6) is 0 Å². The summed E-state index contributed by atoms with van der Waals surface area (Å²) in [5.41, 5.74) is 0. The molecule has 45 heavy (non-hydrogen) atoms. The van der Waals surface area contributed by atoms with Gasteiger partial charge in [0.2, 0.25) is 0 Å². The molecule has 0 aliphatic carbocycles. The number of aliphatic hydroxyl groups is 2. The van der Waals surface area contributed by atoms with Gasteiger partial charge in [-0.1, -0.05) is 169 Å². The van der Waals surface area contributed by atoms with Crippen LogP contribution in [0.3, 0.4) is 0 Å².